The van der Waals surface area contributed by atoms with Crippen molar-refractivity contribution in [2.24, 2.45) is 0 Å². The van der Waals surface area contributed by atoms with Gasteiger partial charge in [-0.25, -0.2) is 0 Å². The van der Waals surface area contributed by atoms with Gasteiger partial charge in [-0.1, -0.05) is 31.2 Å². The first-order chi connectivity index (χ1) is 8.69. The Morgan fingerprint density at radius 1 is 1.28 bits per heavy atom. The lowest BCUT2D eigenvalue weighted by Crippen LogP contribution is -2.33. The van der Waals surface area contributed by atoms with Crippen molar-refractivity contribution in [3.8, 4) is 0 Å². The van der Waals surface area contributed by atoms with Gasteiger partial charge < -0.3 is 15.2 Å². The Bertz CT molecular complexity index is 324. The zero-order chi connectivity index (χ0) is 13.4. The van der Waals surface area contributed by atoms with Crippen molar-refractivity contribution < 1.29 is 9.84 Å². The van der Waals surface area contributed by atoms with Gasteiger partial charge in [0.15, 0.2) is 0 Å². The van der Waals surface area contributed by atoms with Gasteiger partial charge in [-0.3, -0.25) is 0 Å². The van der Waals surface area contributed by atoms with Gasteiger partial charge in [-0.05, 0) is 37.4 Å². The van der Waals surface area contributed by atoms with Gasteiger partial charge in [0.1, 0.15) is 0 Å². The van der Waals surface area contributed by atoms with Crippen LogP contribution < -0.4 is 5.32 Å². The van der Waals surface area contributed by atoms with Crippen LogP contribution in [-0.2, 0) is 11.2 Å². The minimum atomic E-state index is -0.460. The van der Waals surface area contributed by atoms with E-state index < -0.39 is 6.10 Å². The molecule has 0 heterocycles. The maximum atomic E-state index is 10.2. The van der Waals surface area contributed by atoms with Crippen LogP contribution in [0, 0.1) is 0 Å². The molecule has 2 atom stereocenters. The van der Waals surface area contributed by atoms with E-state index in [2.05, 4.69) is 24.4 Å². The molecule has 1 aromatic carbocycles. The van der Waals surface area contributed by atoms with Crippen molar-refractivity contribution in [3.05, 3.63) is 35.4 Å². The summed E-state index contributed by atoms with van der Waals surface area (Å²) in [5, 5.41) is 13.5. The summed E-state index contributed by atoms with van der Waals surface area (Å²) in [4.78, 5) is 0. The largest absolute Gasteiger partial charge is 0.387 e. The van der Waals surface area contributed by atoms with Crippen LogP contribution in [0.3, 0.4) is 0 Å². The Morgan fingerprint density at radius 2 is 1.94 bits per heavy atom. The third-order valence-electron chi connectivity index (χ3n) is 3.19. The maximum Gasteiger partial charge on any atom is 0.0940 e. The first kappa shape index (κ1) is 15.2. The van der Waals surface area contributed by atoms with Gasteiger partial charge in [0.05, 0.1) is 6.10 Å². The van der Waals surface area contributed by atoms with Gasteiger partial charge in [-0.2, -0.15) is 0 Å². The van der Waals surface area contributed by atoms with E-state index in [4.69, 9.17) is 4.74 Å². The normalized spacial score (nSPS) is 14.4. The average Bonchev–Trinajstić information content (AvgIpc) is 2.42. The monoisotopic (exact) mass is 251 g/mol. The standard InChI is InChI=1S/C15H25NO2/c1-4-13-6-8-14(9-7-13)15(17)12(2)16-10-5-11-18-3/h6-9,12,15-17H,4-5,10-11H2,1-3H3. The average molecular weight is 251 g/mol. The molecular weight excluding hydrogens is 226 g/mol. The molecule has 0 saturated carbocycles. The number of aliphatic hydroxyl groups excluding tert-OH is 1. The fraction of sp³-hybridized carbons (Fsp3) is 0.600. The van der Waals surface area contributed by atoms with E-state index in [0.29, 0.717) is 0 Å². The smallest absolute Gasteiger partial charge is 0.0940 e. The molecule has 18 heavy (non-hydrogen) atoms. The molecule has 1 aromatic rings. The summed E-state index contributed by atoms with van der Waals surface area (Å²) in [5.41, 5.74) is 2.27. The molecule has 2 unspecified atom stereocenters. The van der Waals surface area contributed by atoms with Crippen LogP contribution in [0.15, 0.2) is 24.3 Å². The van der Waals surface area contributed by atoms with E-state index in [1.165, 1.54) is 5.56 Å². The summed E-state index contributed by atoms with van der Waals surface area (Å²) >= 11 is 0. The van der Waals surface area contributed by atoms with Crippen molar-refractivity contribution in [2.45, 2.75) is 38.8 Å². The van der Waals surface area contributed by atoms with E-state index in [9.17, 15) is 5.11 Å². The Balaban J connectivity index is 2.43. The van der Waals surface area contributed by atoms with E-state index in [0.717, 1.165) is 31.6 Å². The van der Waals surface area contributed by atoms with Gasteiger partial charge in [0.2, 0.25) is 0 Å². The molecule has 0 aliphatic carbocycles. The molecular formula is C15H25NO2. The van der Waals surface area contributed by atoms with Crippen molar-refractivity contribution in [2.75, 3.05) is 20.3 Å². The molecule has 0 saturated heterocycles. The quantitative estimate of drug-likeness (QED) is 0.697. The number of ether oxygens (including phenoxy) is 1. The summed E-state index contributed by atoms with van der Waals surface area (Å²) in [6, 6.07) is 8.23. The molecule has 3 heteroatoms. The fourth-order valence-electron chi connectivity index (χ4n) is 1.90. The number of hydrogen-bond donors (Lipinski definition) is 2. The van der Waals surface area contributed by atoms with Crippen LogP contribution in [-0.4, -0.2) is 31.4 Å². The highest BCUT2D eigenvalue weighted by atomic mass is 16.5. The molecule has 1 rings (SSSR count). The second-order valence-corrected chi connectivity index (χ2v) is 4.63. The Hall–Kier alpha value is -0.900. The molecule has 0 aliphatic rings. The SMILES string of the molecule is CCc1ccc(C(O)C(C)NCCCOC)cc1. The molecule has 2 N–H and O–H groups in total. The van der Waals surface area contributed by atoms with Gasteiger partial charge in [0, 0.05) is 19.8 Å². The third-order valence-corrected chi connectivity index (χ3v) is 3.19. The van der Waals surface area contributed by atoms with E-state index in [1.54, 1.807) is 7.11 Å². The first-order valence-corrected chi connectivity index (χ1v) is 6.68. The van der Waals surface area contributed by atoms with Crippen LogP contribution in [0.4, 0.5) is 0 Å². The van der Waals surface area contributed by atoms with Crippen molar-refractivity contribution in [1.29, 1.82) is 0 Å². The Labute approximate surface area is 110 Å². The summed E-state index contributed by atoms with van der Waals surface area (Å²) in [7, 11) is 1.70. The molecule has 0 radical (unpaired) electrons. The number of benzene rings is 1. The Morgan fingerprint density at radius 3 is 2.50 bits per heavy atom. The highest BCUT2D eigenvalue weighted by molar-refractivity contribution is 5.24. The number of hydrogen-bond acceptors (Lipinski definition) is 3. The highest BCUT2D eigenvalue weighted by Crippen LogP contribution is 2.17. The van der Waals surface area contributed by atoms with Crippen molar-refractivity contribution >= 4 is 0 Å². The predicted octanol–water partition coefficient (Wildman–Crippen LogP) is 2.30. The van der Waals surface area contributed by atoms with Gasteiger partial charge >= 0.3 is 0 Å². The summed E-state index contributed by atoms with van der Waals surface area (Å²) in [6.07, 6.45) is 1.53. The van der Waals surface area contributed by atoms with Gasteiger partial charge in [0.25, 0.3) is 0 Å². The number of nitrogens with one attached hydrogen (secondary N) is 1. The zero-order valence-electron chi connectivity index (χ0n) is 11.6. The summed E-state index contributed by atoms with van der Waals surface area (Å²) in [6.45, 7) is 5.75. The van der Waals surface area contributed by atoms with Crippen LogP contribution in [0.1, 0.15) is 37.5 Å². The van der Waals surface area contributed by atoms with Crippen LogP contribution in [0.25, 0.3) is 0 Å². The van der Waals surface area contributed by atoms with Crippen LogP contribution >= 0.6 is 0 Å². The topological polar surface area (TPSA) is 41.5 Å². The predicted molar refractivity (Wildman–Crippen MR) is 74.7 cm³/mol. The summed E-state index contributed by atoms with van der Waals surface area (Å²) < 4.78 is 4.99. The number of methoxy groups -OCH3 is 1. The minimum absolute atomic E-state index is 0.0503. The molecule has 0 amide bonds. The second kappa shape index (κ2) is 8.25. The maximum absolute atomic E-state index is 10.2. The molecule has 3 nitrogen and oxygen atoms in total. The van der Waals surface area contributed by atoms with Crippen LogP contribution in [0.2, 0.25) is 0 Å². The fourth-order valence-corrected chi connectivity index (χ4v) is 1.90. The zero-order valence-corrected chi connectivity index (χ0v) is 11.6. The molecule has 0 aromatic heterocycles. The van der Waals surface area contributed by atoms with Crippen molar-refractivity contribution in [1.82, 2.24) is 5.32 Å². The van der Waals surface area contributed by atoms with E-state index in [1.807, 2.05) is 19.1 Å². The Kier molecular flexibility index (Phi) is 6.94. The van der Waals surface area contributed by atoms with E-state index in [-0.39, 0.29) is 6.04 Å². The molecule has 102 valence electrons. The second-order valence-electron chi connectivity index (χ2n) is 4.63. The van der Waals surface area contributed by atoms with E-state index >= 15 is 0 Å². The van der Waals surface area contributed by atoms with Crippen LogP contribution in [0.5, 0.6) is 0 Å². The molecule has 0 fully saturated rings. The first-order valence-electron chi connectivity index (χ1n) is 6.68. The highest BCUT2D eigenvalue weighted by Gasteiger charge is 2.15. The molecule has 0 bridgehead atoms. The van der Waals surface area contributed by atoms with Gasteiger partial charge in [-0.15, -0.1) is 0 Å². The van der Waals surface area contributed by atoms with Crippen molar-refractivity contribution in [3.63, 3.8) is 0 Å². The molecule has 0 spiro atoms. The number of aryl methyl sites for hydroxylation is 1. The minimum Gasteiger partial charge on any atom is -0.387 e. The number of aliphatic hydroxyl groups is 1. The lowest BCUT2D eigenvalue weighted by Gasteiger charge is -2.21. The lowest BCUT2D eigenvalue weighted by atomic mass is 10.0. The lowest BCUT2D eigenvalue weighted by molar-refractivity contribution is 0.132. The summed E-state index contributed by atoms with van der Waals surface area (Å²) in [5.74, 6) is 0. The third kappa shape index (κ3) is 4.77. The number of rotatable bonds is 8. The molecule has 0 aliphatic heterocycles.